The average molecular weight is 336 g/mol. The van der Waals surface area contributed by atoms with Crippen LogP contribution in [0.15, 0.2) is 18.3 Å². The van der Waals surface area contributed by atoms with Crippen molar-refractivity contribution in [2.45, 2.75) is 26.8 Å². The second kappa shape index (κ2) is 5.56. The molecule has 1 aliphatic rings. The number of anilines is 1. The fraction of sp³-hybridized carbons (Fsp3) is 0.438. The summed E-state index contributed by atoms with van der Waals surface area (Å²) in [7, 11) is -1.86. The first-order chi connectivity index (χ1) is 10.9. The summed E-state index contributed by atoms with van der Waals surface area (Å²) in [6.45, 7) is 4.48. The van der Waals surface area contributed by atoms with Crippen molar-refractivity contribution in [2.75, 3.05) is 23.7 Å². The maximum atomic E-state index is 12.4. The Kier molecular flexibility index (Phi) is 3.83. The summed E-state index contributed by atoms with van der Waals surface area (Å²) in [5.74, 6) is -0.393. The Bertz CT molecular complexity index is 883. The fourth-order valence-electron chi connectivity index (χ4n) is 3.02. The molecule has 1 aromatic carbocycles. The molecule has 6 nitrogen and oxygen atoms in total. The van der Waals surface area contributed by atoms with Gasteiger partial charge in [-0.25, -0.2) is 13.2 Å². The molecule has 1 aliphatic heterocycles. The van der Waals surface area contributed by atoms with Gasteiger partial charge >= 0.3 is 5.97 Å². The molecule has 2 heterocycles. The minimum atomic E-state index is -3.40. The summed E-state index contributed by atoms with van der Waals surface area (Å²) in [6, 6.07) is 3.41. The molecule has 0 fully saturated rings. The van der Waals surface area contributed by atoms with Gasteiger partial charge in [0.1, 0.15) is 0 Å². The molecule has 0 bridgehead atoms. The van der Waals surface area contributed by atoms with Crippen LogP contribution in [0.25, 0.3) is 10.9 Å². The van der Waals surface area contributed by atoms with Crippen molar-refractivity contribution < 1.29 is 17.9 Å². The van der Waals surface area contributed by atoms with Crippen LogP contribution < -0.4 is 4.31 Å². The number of esters is 1. The number of benzene rings is 1. The molecule has 0 radical (unpaired) electrons. The van der Waals surface area contributed by atoms with E-state index in [1.807, 2.05) is 17.7 Å². The van der Waals surface area contributed by atoms with E-state index in [2.05, 4.69) is 0 Å². The van der Waals surface area contributed by atoms with Gasteiger partial charge in [-0.15, -0.1) is 0 Å². The molecule has 1 aromatic heterocycles. The van der Waals surface area contributed by atoms with E-state index in [9.17, 15) is 13.2 Å². The summed E-state index contributed by atoms with van der Waals surface area (Å²) in [4.78, 5) is 12.1. The van der Waals surface area contributed by atoms with Gasteiger partial charge in [-0.3, -0.25) is 4.31 Å². The third kappa shape index (κ3) is 2.49. The van der Waals surface area contributed by atoms with Gasteiger partial charge in [-0.1, -0.05) is 6.92 Å². The van der Waals surface area contributed by atoms with E-state index < -0.39 is 16.0 Å². The fourth-order valence-corrected chi connectivity index (χ4v) is 4.16. The third-order valence-electron chi connectivity index (χ3n) is 4.27. The highest BCUT2D eigenvalue weighted by Crippen LogP contribution is 2.35. The zero-order valence-electron chi connectivity index (χ0n) is 13.5. The largest absolute Gasteiger partial charge is 0.462 e. The molecular weight excluding hydrogens is 316 g/mol. The Hall–Kier alpha value is -2.02. The van der Waals surface area contributed by atoms with E-state index in [0.717, 1.165) is 22.9 Å². The molecule has 2 aromatic rings. The molecular formula is C16H20N2O4S. The normalized spacial score (nSPS) is 16.4. The monoisotopic (exact) mass is 336 g/mol. The van der Waals surface area contributed by atoms with Crippen LogP contribution >= 0.6 is 0 Å². The predicted octanol–water partition coefficient (Wildman–Crippen LogP) is 2.16. The van der Waals surface area contributed by atoms with Gasteiger partial charge in [0, 0.05) is 25.2 Å². The lowest BCUT2D eigenvalue weighted by Crippen LogP contribution is -2.28. The molecule has 0 saturated carbocycles. The number of rotatable bonds is 3. The van der Waals surface area contributed by atoms with Crippen LogP contribution in [-0.2, 0) is 27.7 Å². The van der Waals surface area contributed by atoms with Gasteiger partial charge in [-0.05, 0) is 31.0 Å². The van der Waals surface area contributed by atoms with Crippen molar-refractivity contribution in [1.29, 1.82) is 0 Å². The number of ether oxygens (including phenoxy) is 1. The van der Waals surface area contributed by atoms with E-state index in [1.54, 1.807) is 19.1 Å². The number of hydrogen-bond donors (Lipinski definition) is 0. The van der Waals surface area contributed by atoms with E-state index in [-0.39, 0.29) is 12.4 Å². The Balaban J connectivity index is 2.33. The predicted molar refractivity (Wildman–Crippen MR) is 89.5 cm³/mol. The van der Waals surface area contributed by atoms with Crippen molar-refractivity contribution in [3.05, 3.63) is 29.5 Å². The molecule has 0 amide bonds. The number of aromatic nitrogens is 1. The molecule has 3 rings (SSSR count). The van der Waals surface area contributed by atoms with Crippen LogP contribution in [0, 0.1) is 0 Å². The number of sulfonamides is 1. The van der Waals surface area contributed by atoms with Crippen LogP contribution in [0.2, 0.25) is 0 Å². The number of carbonyl (C=O) groups excluding carboxylic acids is 1. The van der Waals surface area contributed by atoms with Crippen molar-refractivity contribution in [1.82, 2.24) is 4.57 Å². The van der Waals surface area contributed by atoms with E-state index in [0.29, 0.717) is 17.8 Å². The number of carbonyl (C=O) groups is 1. The maximum absolute atomic E-state index is 12.4. The lowest BCUT2D eigenvalue weighted by molar-refractivity contribution is 0.0526. The maximum Gasteiger partial charge on any atom is 0.338 e. The van der Waals surface area contributed by atoms with Crippen molar-refractivity contribution in [3.8, 4) is 0 Å². The van der Waals surface area contributed by atoms with Crippen LogP contribution in [-0.4, -0.2) is 38.4 Å². The number of aryl methyl sites for hydroxylation is 2. The van der Waals surface area contributed by atoms with Gasteiger partial charge in [0.2, 0.25) is 10.0 Å². The lowest BCUT2D eigenvalue weighted by atomic mass is 10.1. The number of nitrogens with zero attached hydrogens (tertiary/aromatic N) is 2. The second-order valence-corrected chi connectivity index (χ2v) is 7.72. The third-order valence-corrected chi connectivity index (χ3v) is 6.00. The molecule has 23 heavy (non-hydrogen) atoms. The van der Waals surface area contributed by atoms with Crippen molar-refractivity contribution >= 4 is 32.6 Å². The zero-order valence-corrected chi connectivity index (χ0v) is 14.3. The lowest BCUT2D eigenvalue weighted by Gasteiger charge is -2.18. The molecule has 0 spiro atoms. The summed E-state index contributed by atoms with van der Waals surface area (Å²) in [6.07, 6.45) is 2.80. The van der Waals surface area contributed by atoms with Crippen molar-refractivity contribution in [3.63, 3.8) is 0 Å². The van der Waals surface area contributed by atoms with Gasteiger partial charge in [0.05, 0.1) is 29.1 Å². The van der Waals surface area contributed by atoms with Crippen LogP contribution in [0.3, 0.4) is 0 Å². The first-order valence-electron chi connectivity index (χ1n) is 7.68. The molecule has 0 atom stereocenters. The highest BCUT2D eigenvalue weighted by atomic mass is 32.2. The van der Waals surface area contributed by atoms with Gasteiger partial charge in [0.15, 0.2) is 0 Å². The standard InChI is InChI=1S/C16H20N2O4S/c1-4-11-10-18-6-7-23(20,21)17(3)14-9-12(16(19)22-5-2)8-13(11)15(14)18/h8-10H,4-7H2,1-3H3. The van der Waals surface area contributed by atoms with Gasteiger partial charge in [0.25, 0.3) is 0 Å². The molecule has 0 aliphatic carbocycles. The SMILES string of the molecule is CCOC(=O)c1cc2c3c(c1)c(CC)cn3CCS(=O)(=O)N2C. The highest BCUT2D eigenvalue weighted by molar-refractivity contribution is 7.92. The number of hydrogen-bond acceptors (Lipinski definition) is 4. The summed E-state index contributed by atoms with van der Waals surface area (Å²) in [5.41, 5.74) is 2.87. The van der Waals surface area contributed by atoms with E-state index in [1.165, 1.54) is 11.4 Å². The van der Waals surface area contributed by atoms with E-state index >= 15 is 0 Å². The minimum absolute atomic E-state index is 0.0415. The second-order valence-electron chi connectivity index (χ2n) is 5.60. The zero-order chi connectivity index (χ0) is 16.8. The molecule has 0 saturated heterocycles. The molecule has 7 heteroatoms. The Morgan fingerprint density at radius 2 is 2.04 bits per heavy atom. The van der Waals surface area contributed by atoms with Gasteiger partial charge in [-0.2, -0.15) is 0 Å². The van der Waals surface area contributed by atoms with Crippen molar-refractivity contribution in [2.24, 2.45) is 0 Å². The van der Waals surface area contributed by atoms with Crippen LogP contribution in [0.1, 0.15) is 29.8 Å². The van der Waals surface area contributed by atoms with Crippen LogP contribution in [0.4, 0.5) is 5.69 Å². The summed E-state index contributed by atoms with van der Waals surface area (Å²) < 4.78 is 33.1. The Labute approximate surface area is 135 Å². The summed E-state index contributed by atoms with van der Waals surface area (Å²) >= 11 is 0. The van der Waals surface area contributed by atoms with Crippen LogP contribution in [0.5, 0.6) is 0 Å². The quantitative estimate of drug-likeness (QED) is 0.806. The topological polar surface area (TPSA) is 68.6 Å². The van der Waals surface area contributed by atoms with E-state index in [4.69, 9.17) is 4.74 Å². The molecule has 124 valence electrons. The Morgan fingerprint density at radius 1 is 1.30 bits per heavy atom. The first-order valence-corrected chi connectivity index (χ1v) is 9.29. The smallest absolute Gasteiger partial charge is 0.338 e. The molecule has 0 unspecified atom stereocenters. The minimum Gasteiger partial charge on any atom is -0.462 e. The first kappa shape index (κ1) is 15.9. The van der Waals surface area contributed by atoms with Gasteiger partial charge < -0.3 is 9.30 Å². The summed E-state index contributed by atoms with van der Waals surface area (Å²) in [5, 5.41) is 0.914. The highest BCUT2D eigenvalue weighted by Gasteiger charge is 2.28. The Morgan fingerprint density at radius 3 is 2.70 bits per heavy atom. The average Bonchev–Trinajstić information content (AvgIpc) is 2.85. The molecule has 0 N–H and O–H groups in total.